The Hall–Kier alpha value is -2.16. The molecule has 0 bridgehead atoms. The zero-order valence-corrected chi connectivity index (χ0v) is 11.7. The molecule has 0 saturated heterocycles. The molecule has 1 aromatic rings. The minimum Gasteiger partial charge on any atom is -0.481 e. The Morgan fingerprint density at radius 1 is 1.45 bits per heavy atom. The number of hydrogen-bond acceptors (Lipinski definition) is 6. The van der Waals surface area contributed by atoms with Gasteiger partial charge < -0.3 is 9.84 Å². The van der Waals surface area contributed by atoms with E-state index in [2.05, 4.69) is 14.4 Å². The predicted octanol–water partition coefficient (Wildman–Crippen LogP) is 0.0119. The number of carbonyl (C=O) groups is 2. The van der Waals surface area contributed by atoms with Gasteiger partial charge in [0.15, 0.2) is 5.25 Å². The molecule has 0 radical (unpaired) electrons. The fourth-order valence-corrected chi connectivity index (χ4v) is 2.27. The maximum Gasteiger partial charge on any atom is 0.325 e. The van der Waals surface area contributed by atoms with E-state index in [1.807, 2.05) is 0 Å². The van der Waals surface area contributed by atoms with E-state index in [-0.39, 0.29) is 12.1 Å². The van der Waals surface area contributed by atoms with E-state index in [0.29, 0.717) is 5.69 Å². The summed E-state index contributed by atoms with van der Waals surface area (Å²) in [6, 6.07) is 2.75. The van der Waals surface area contributed by atoms with Crippen LogP contribution in [0, 0.1) is 0 Å². The van der Waals surface area contributed by atoms with Gasteiger partial charge in [0.25, 0.3) is 0 Å². The number of aromatic nitrogens is 1. The molecule has 1 rings (SSSR count). The van der Waals surface area contributed by atoms with Gasteiger partial charge in [-0.2, -0.15) is 0 Å². The molecule has 8 nitrogen and oxygen atoms in total. The van der Waals surface area contributed by atoms with Gasteiger partial charge in [0, 0.05) is 0 Å². The van der Waals surface area contributed by atoms with Crippen molar-refractivity contribution in [2.75, 3.05) is 11.8 Å². The van der Waals surface area contributed by atoms with Crippen molar-refractivity contribution >= 4 is 27.6 Å². The first-order valence-electron chi connectivity index (χ1n) is 5.52. The van der Waals surface area contributed by atoms with E-state index in [1.165, 1.54) is 25.3 Å². The van der Waals surface area contributed by atoms with Crippen LogP contribution in [0.4, 0.5) is 5.69 Å². The van der Waals surface area contributed by atoms with Gasteiger partial charge in [-0.15, -0.1) is 0 Å². The topological polar surface area (TPSA) is 123 Å². The van der Waals surface area contributed by atoms with Crippen molar-refractivity contribution < 1.29 is 27.9 Å². The molecule has 0 spiro atoms. The van der Waals surface area contributed by atoms with Crippen LogP contribution in [-0.2, 0) is 30.8 Å². The number of carbonyl (C=O) groups excluding carboxylic acids is 1. The lowest BCUT2D eigenvalue weighted by atomic mass is 10.3. The highest BCUT2D eigenvalue weighted by Crippen LogP contribution is 2.12. The number of sulfonamides is 1. The van der Waals surface area contributed by atoms with Crippen LogP contribution in [0.15, 0.2) is 18.3 Å². The summed E-state index contributed by atoms with van der Waals surface area (Å²) in [5.41, 5.74) is 0.427. The number of nitrogens with one attached hydrogen (secondary N) is 1. The molecule has 0 aliphatic rings. The van der Waals surface area contributed by atoms with Gasteiger partial charge in [0.2, 0.25) is 10.0 Å². The van der Waals surface area contributed by atoms with Crippen molar-refractivity contribution in [3.05, 3.63) is 24.0 Å². The highest BCUT2D eigenvalue weighted by atomic mass is 32.2. The highest BCUT2D eigenvalue weighted by molar-refractivity contribution is 7.94. The first kappa shape index (κ1) is 15.9. The van der Waals surface area contributed by atoms with Gasteiger partial charge in [-0.05, 0) is 19.1 Å². The Balaban J connectivity index is 2.82. The third-order valence-electron chi connectivity index (χ3n) is 2.42. The molecule has 1 atom stereocenters. The molecule has 110 valence electrons. The Morgan fingerprint density at radius 2 is 2.10 bits per heavy atom. The number of esters is 1. The monoisotopic (exact) mass is 302 g/mol. The van der Waals surface area contributed by atoms with Gasteiger partial charge in [-0.1, -0.05) is 0 Å². The van der Waals surface area contributed by atoms with Crippen LogP contribution in [0.25, 0.3) is 0 Å². The molecule has 20 heavy (non-hydrogen) atoms. The Bertz CT molecular complexity index is 596. The van der Waals surface area contributed by atoms with Crippen LogP contribution in [-0.4, -0.2) is 42.8 Å². The quantitative estimate of drug-likeness (QED) is 0.710. The Kier molecular flexibility index (Phi) is 5.03. The van der Waals surface area contributed by atoms with Crippen LogP contribution >= 0.6 is 0 Å². The van der Waals surface area contributed by atoms with Crippen LogP contribution in [0.3, 0.4) is 0 Å². The summed E-state index contributed by atoms with van der Waals surface area (Å²) in [5.74, 6) is -1.92. The summed E-state index contributed by atoms with van der Waals surface area (Å²) >= 11 is 0. The summed E-state index contributed by atoms with van der Waals surface area (Å²) in [6.45, 7) is 1.19. The lowest BCUT2D eigenvalue weighted by molar-refractivity contribution is -0.140. The second-order valence-electron chi connectivity index (χ2n) is 3.92. The summed E-state index contributed by atoms with van der Waals surface area (Å²) in [5, 5.41) is 7.21. The number of methoxy groups -OCH3 is 1. The number of carboxylic acid groups (broad SMARTS) is 1. The summed E-state index contributed by atoms with van der Waals surface area (Å²) < 4.78 is 30.2. The van der Waals surface area contributed by atoms with Crippen LogP contribution in [0.5, 0.6) is 0 Å². The van der Waals surface area contributed by atoms with E-state index in [1.54, 1.807) is 0 Å². The van der Waals surface area contributed by atoms with Gasteiger partial charge in [0.05, 0.1) is 31.1 Å². The van der Waals surface area contributed by atoms with Crippen LogP contribution in [0.1, 0.15) is 12.6 Å². The summed E-state index contributed by atoms with van der Waals surface area (Å²) in [4.78, 5) is 25.5. The van der Waals surface area contributed by atoms with Crippen LogP contribution in [0.2, 0.25) is 0 Å². The van der Waals surface area contributed by atoms with Crippen molar-refractivity contribution in [1.29, 1.82) is 0 Å². The van der Waals surface area contributed by atoms with Gasteiger partial charge in [-0.3, -0.25) is 19.3 Å². The number of carboxylic acids is 1. The van der Waals surface area contributed by atoms with Gasteiger partial charge >= 0.3 is 11.9 Å². The molecule has 1 unspecified atom stereocenters. The van der Waals surface area contributed by atoms with E-state index in [9.17, 15) is 18.0 Å². The summed E-state index contributed by atoms with van der Waals surface area (Å²) in [6.07, 6.45) is 0.922. The SMILES string of the molecule is COC(=O)C(C)S(=O)(=O)Nc1ccc(CC(=O)O)nc1. The van der Waals surface area contributed by atoms with Gasteiger partial charge in [0.1, 0.15) is 0 Å². The smallest absolute Gasteiger partial charge is 0.325 e. The number of pyridine rings is 1. The second kappa shape index (κ2) is 6.33. The Labute approximate surface area is 115 Å². The third-order valence-corrected chi connectivity index (χ3v) is 4.06. The predicted molar refractivity (Wildman–Crippen MR) is 69.6 cm³/mol. The molecule has 1 aromatic heterocycles. The number of aliphatic carboxylic acids is 1. The third kappa shape index (κ3) is 4.19. The second-order valence-corrected chi connectivity index (χ2v) is 5.92. The van der Waals surface area contributed by atoms with Crippen LogP contribution < -0.4 is 4.72 Å². The Morgan fingerprint density at radius 3 is 2.55 bits per heavy atom. The minimum atomic E-state index is -3.94. The molecule has 0 saturated carbocycles. The maximum absolute atomic E-state index is 11.8. The van der Waals surface area contributed by atoms with Crippen molar-refractivity contribution in [2.45, 2.75) is 18.6 Å². The molecule has 2 N–H and O–H groups in total. The maximum atomic E-state index is 11.8. The molecule has 0 fully saturated rings. The molecular formula is C11H14N2O6S. The first-order valence-corrected chi connectivity index (χ1v) is 7.07. The standard InChI is InChI=1S/C11H14N2O6S/c1-7(11(16)19-2)20(17,18)13-9-4-3-8(12-6-9)5-10(14)15/h3-4,6-7,13H,5H2,1-2H3,(H,14,15). The molecule has 9 heteroatoms. The van der Waals surface area contributed by atoms with Gasteiger partial charge in [-0.25, -0.2) is 8.42 Å². The number of rotatable bonds is 6. The average Bonchev–Trinajstić information content (AvgIpc) is 2.38. The molecule has 0 aromatic carbocycles. The molecule has 0 aliphatic heterocycles. The lowest BCUT2D eigenvalue weighted by Gasteiger charge is -2.12. The summed E-state index contributed by atoms with van der Waals surface area (Å²) in [7, 11) is -2.85. The largest absolute Gasteiger partial charge is 0.481 e. The van der Waals surface area contributed by atoms with Crippen molar-refractivity contribution in [3.8, 4) is 0 Å². The fourth-order valence-electron chi connectivity index (χ4n) is 1.29. The molecular weight excluding hydrogens is 288 g/mol. The lowest BCUT2D eigenvalue weighted by Crippen LogP contribution is -2.33. The first-order chi connectivity index (χ1) is 9.26. The van der Waals surface area contributed by atoms with Crippen molar-refractivity contribution in [3.63, 3.8) is 0 Å². The molecule has 0 amide bonds. The van der Waals surface area contributed by atoms with Crippen molar-refractivity contribution in [2.24, 2.45) is 0 Å². The van der Waals surface area contributed by atoms with E-state index in [4.69, 9.17) is 5.11 Å². The van der Waals surface area contributed by atoms with E-state index in [0.717, 1.165) is 7.11 Å². The number of anilines is 1. The normalized spacial score (nSPS) is 12.5. The van der Waals surface area contributed by atoms with E-state index < -0.39 is 27.2 Å². The number of nitrogens with zero attached hydrogens (tertiary/aromatic N) is 1. The molecule has 1 heterocycles. The zero-order valence-electron chi connectivity index (χ0n) is 10.9. The zero-order chi connectivity index (χ0) is 15.3. The number of hydrogen-bond donors (Lipinski definition) is 2. The van der Waals surface area contributed by atoms with E-state index >= 15 is 0 Å². The highest BCUT2D eigenvalue weighted by Gasteiger charge is 2.28. The minimum absolute atomic E-state index is 0.134. The fraction of sp³-hybridized carbons (Fsp3) is 0.364. The number of ether oxygens (including phenoxy) is 1. The van der Waals surface area contributed by atoms with Crippen molar-refractivity contribution in [1.82, 2.24) is 4.98 Å². The molecule has 0 aliphatic carbocycles. The average molecular weight is 302 g/mol.